The number of benzene rings is 1. The van der Waals surface area contributed by atoms with Crippen molar-refractivity contribution in [2.75, 3.05) is 19.3 Å². The Balaban J connectivity index is 1.63. The maximum Gasteiger partial charge on any atom is 0.232 e. The van der Waals surface area contributed by atoms with Gasteiger partial charge < -0.3 is 9.64 Å². The van der Waals surface area contributed by atoms with Gasteiger partial charge in [-0.25, -0.2) is 4.98 Å². The van der Waals surface area contributed by atoms with Gasteiger partial charge in [0.15, 0.2) is 0 Å². The molecule has 0 N–H and O–H groups in total. The van der Waals surface area contributed by atoms with Crippen molar-refractivity contribution in [1.29, 1.82) is 0 Å². The van der Waals surface area contributed by atoms with E-state index < -0.39 is 0 Å². The Bertz CT molecular complexity index is 1340. The number of carbonyl (C=O) groups excluding carboxylic acids is 1. The molecule has 0 spiro atoms. The monoisotopic (exact) mass is 495 g/mol. The third kappa shape index (κ3) is 5.03. The van der Waals surface area contributed by atoms with Crippen molar-refractivity contribution in [3.8, 4) is 17.0 Å². The van der Waals surface area contributed by atoms with Gasteiger partial charge in [0, 0.05) is 66.3 Å². The van der Waals surface area contributed by atoms with Gasteiger partial charge in [-0.2, -0.15) is 5.10 Å². The molecule has 0 bridgehead atoms. The highest BCUT2D eigenvalue weighted by Gasteiger charge is 2.16. The summed E-state index contributed by atoms with van der Waals surface area (Å²) < 4.78 is 8.10. The summed E-state index contributed by atoms with van der Waals surface area (Å²) >= 11 is 7.89. The van der Waals surface area contributed by atoms with Crippen molar-refractivity contribution < 1.29 is 9.53 Å². The SMILES string of the molecule is CCN(C)C(=O)CSc1cncc(Cl)c1COc1cccc2c(-c3ccnn3C)cc(C)nc12. The number of thioether (sulfide) groups is 1. The van der Waals surface area contributed by atoms with Crippen LogP contribution in [0.25, 0.3) is 22.2 Å². The van der Waals surface area contributed by atoms with Crippen molar-refractivity contribution in [2.24, 2.45) is 7.05 Å². The van der Waals surface area contributed by atoms with Crippen molar-refractivity contribution in [2.45, 2.75) is 25.3 Å². The second kappa shape index (κ2) is 10.4. The Kier molecular flexibility index (Phi) is 7.38. The Morgan fingerprint density at radius 2 is 2.09 bits per heavy atom. The van der Waals surface area contributed by atoms with Crippen LogP contribution < -0.4 is 4.74 Å². The molecule has 0 aliphatic rings. The topological polar surface area (TPSA) is 73.1 Å². The summed E-state index contributed by atoms with van der Waals surface area (Å²) in [7, 11) is 3.71. The number of hydrogen-bond acceptors (Lipinski definition) is 6. The Hall–Kier alpha value is -3.10. The minimum Gasteiger partial charge on any atom is -0.487 e. The van der Waals surface area contributed by atoms with E-state index in [1.807, 2.05) is 49.8 Å². The number of pyridine rings is 2. The average Bonchev–Trinajstić information content (AvgIpc) is 3.26. The fourth-order valence-electron chi connectivity index (χ4n) is 3.60. The third-order valence-electron chi connectivity index (χ3n) is 5.62. The Labute approximate surface area is 208 Å². The number of carbonyl (C=O) groups is 1. The number of halogens is 1. The molecule has 34 heavy (non-hydrogen) atoms. The molecule has 0 aliphatic carbocycles. The molecule has 0 saturated heterocycles. The van der Waals surface area contributed by atoms with E-state index >= 15 is 0 Å². The molecule has 3 heterocycles. The number of aryl methyl sites for hydroxylation is 2. The zero-order chi connectivity index (χ0) is 24.2. The first-order chi connectivity index (χ1) is 16.4. The van der Waals surface area contributed by atoms with Gasteiger partial charge in [-0.05, 0) is 32.0 Å². The highest BCUT2D eigenvalue weighted by Crippen LogP contribution is 2.34. The molecule has 7 nitrogen and oxygen atoms in total. The molecule has 1 amide bonds. The summed E-state index contributed by atoms with van der Waals surface area (Å²) in [4.78, 5) is 23.7. The van der Waals surface area contributed by atoms with Gasteiger partial charge >= 0.3 is 0 Å². The number of ether oxygens (including phenoxy) is 1. The first-order valence-electron chi connectivity index (χ1n) is 10.9. The second-order valence-corrected chi connectivity index (χ2v) is 9.31. The van der Waals surface area contributed by atoms with Gasteiger partial charge in [0.2, 0.25) is 5.91 Å². The predicted molar refractivity (Wildman–Crippen MR) is 136 cm³/mol. The second-order valence-electron chi connectivity index (χ2n) is 7.89. The average molecular weight is 496 g/mol. The van der Waals surface area contributed by atoms with Gasteiger partial charge in [-0.1, -0.05) is 23.7 Å². The van der Waals surface area contributed by atoms with Crippen LogP contribution in [0.3, 0.4) is 0 Å². The zero-order valence-electron chi connectivity index (χ0n) is 19.6. The summed E-state index contributed by atoms with van der Waals surface area (Å²) in [6.45, 7) is 4.81. The summed E-state index contributed by atoms with van der Waals surface area (Å²) in [5, 5.41) is 5.79. The standard InChI is InChI=1S/C25H26ClN5O2S/c1-5-30(3)24(32)15-34-23-13-27-12-20(26)19(23)14-33-22-8-6-7-17-18(11-16(2)29-25(17)22)21-9-10-28-31(21)4/h6-13H,5,14-15H2,1-4H3. The molecule has 1 aromatic carbocycles. The molecule has 0 atom stereocenters. The van der Waals surface area contributed by atoms with Gasteiger partial charge in [0.1, 0.15) is 17.9 Å². The third-order valence-corrected chi connectivity index (χ3v) is 7.00. The van der Waals surface area contributed by atoms with Crippen LogP contribution in [0.5, 0.6) is 5.75 Å². The Morgan fingerprint density at radius 3 is 2.82 bits per heavy atom. The molecule has 4 rings (SSSR count). The van der Waals surface area contributed by atoms with E-state index in [9.17, 15) is 4.79 Å². The number of fused-ring (bicyclic) bond motifs is 1. The van der Waals surface area contributed by atoms with Gasteiger partial charge in [-0.3, -0.25) is 14.5 Å². The Morgan fingerprint density at radius 1 is 1.26 bits per heavy atom. The summed E-state index contributed by atoms with van der Waals surface area (Å²) in [6, 6.07) is 9.94. The zero-order valence-corrected chi connectivity index (χ0v) is 21.2. The minimum atomic E-state index is 0.0516. The van der Waals surface area contributed by atoms with Gasteiger partial charge in [0.05, 0.1) is 16.5 Å². The molecule has 176 valence electrons. The van der Waals surface area contributed by atoms with E-state index in [1.54, 1.807) is 30.5 Å². The number of rotatable bonds is 8. The first kappa shape index (κ1) is 24.0. The van der Waals surface area contributed by atoms with E-state index in [0.717, 1.165) is 38.3 Å². The van der Waals surface area contributed by atoms with Gasteiger partial charge in [-0.15, -0.1) is 11.8 Å². The lowest BCUT2D eigenvalue weighted by Gasteiger charge is -2.16. The summed E-state index contributed by atoms with van der Waals surface area (Å²) in [6.07, 6.45) is 5.10. The normalized spacial score (nSPS) is 11.1. The molecule has 0 aliphatic heterocycles. The van der Waals surface area contributed by atoms with Crippen molar-refractivity contribution in [3.63, 3.8) is 0 Å². The van der Waals surface area contributed by atoms with Crippen molar-refractivity contribution in [1.82, 2.24) is 24.6 Å². The number of para-hydroxylation sites is 1. The van der Waals surface area contributed by atoms with Crippen LogP contribution in [0.2, 0.25) is 5.02 Å². The molecule has 0 saturated carbocycles. The van der Waals surface area contributed by atoms with Crippen LogP contribution in [-0.4, -0.2) is 49.9 Å². The molecule has 0 fully saturated rings. The minimum absolute atomic E-state index is 0.0516. The maximum atomic E-state index is 12.3. The molecule has 4 aromatic rings. The fourth-order valence-corrected chi connectivity index (χ4v) is 4.85. The van der Waals surface area contributed by atoms with Gasteiger partial charge in [0.25, 0.3) is 0 Å². The van der Waals surface area contributed by atoms with Crippen LogP contribution in [0.4, 0.5) is 0 Å². The number of amides is 1. The first-order valence-corrected chi connectivity index (χ1v) is 12.3. The largest absolute Gasteiger partial charge is 0.487 e. The highest BCUT2D eigenvalue weighted by molar-refractivity contribution is 8.00. The van der Waals surface area contributed by atoms with E-state index in [0.29, 0.717) is 23.1 Å². The number of aromatic nitrogens is 4. The quantitative estimate of drug-likeness (QED) is 0.315. The fraction of sp³-hybridized carbons (Fsp3) is 0.280. The predicted octanol–water partition coefficient (Wildman–Crippen LogP) is 5.14. The lowest BCUT2D eigenvalue weighted by Crippen LogP contribution is -2.27. The van der Waals surface area contributed by atoms with Crippen LogP contribution in [0.15, 0.2) is 53.8 Å². The van der Waals surface area contributed by atoms with Crippen LogP contribution in [-0.2, 0) is 18.4 Å². The number of hydrogen-bond donors (Lipinski definition) is 0. The van der Waals surface area contributed by atoms with Crippen LogP contribution in [0.1, 0.15) is 18.2 Å². The smallest absolute Gasteiger partial charge is 0.232 e. The van der Waals surface area contributed by atoms with Crippen molar-refractivity contribution in [3.05, 3.63) is 65.2 Å². The molecule has 0 unspecified atom stereocenters. The lowest BCUT2D eigenvalue weighted by atomic mass is 10.0. The summed E-state index contributed by atoms with van der Waals surface area (Å²) in [5.41, 5.74) is 4.51. The molecule has 9 heteroatoms. The molecule has 3 aromatic heterocycles. The van der Waals surface area contributed by atoms with Crippen LogP contribution in [0, 0.1) is 6.92 Å². The van der Waals surface area contributed by atoms with Crippen LogP contribution >= 0.6 is 23.4 Å². The van der Waals surface area contributed by atoms with Crippen molar-refractivity contribution >= 4 is 40.2 Å². The molecular weight excluding hydrogens is 470 g/mol. The molecular formula is C25H26ClN5O2S. The van der Waals surface area contributed by atoms with E-state index in [1.165, 1.54) is 11.8 Å². The highest BCUT2D eigenvalue weighted by atomic mass is 35.5. The van der Waals surface area contributed by atoms with E-state index in [-0.39, 0.29) is 12.5 Å². The summed E-state index contributed by atoms with van der Waals surface area (Å²) in [5.74, 6) is 1.02. The van der Waals surface area contributed by atoms with E-state index in [2.05, 4.69) is 16.1 Å². The lowest BCUT2D eigenvalue weighted by molar-refractivity contribution is -0.126. The molecule has 0 radical (unpaired) electrons. The number of nitrogens with zero attached hydrogens (tertiary/aromatic N) is 5. The van der Waals surface area contributed by atoms with E-state index in [4.69, 9.17) is 21.3 Å². The maximum absolute atomic E-state index is 12.3.